The van der Waals surface area contributed by atoms with E-state index in [1.165, 1.54) is 10.2 Å². The molecule has 1 fully saturated rings. The second-order valence-corrected chi connectivity index (χ2v) is 13.1. The summed E-state index contributed by atoms with van der Waals surface area (Å²) in [4.78, 5) is 21.5. The Bertz CT molecular complexity index is 1630. The number of carbonyl (C=O) groups excluding carboxylic acids is 1. The minimum atomic E-state index is -3.86. The number of carbonyl (C=O) groups is 1. The van der Waals surface area contributed by atoms with Crippen molar-refractivity contribution in [1.29, 1.82) is 0 Å². The number of nitrogens with one attached hydrogen (secondary N) is 2. The van der Waals surface area contributed by atoms with E-state index in [1.54, 1.807) is 48.7 Å². The smallest absolute Gasteiger partial charge is 0.407 e. The van der Waals surface area contributed by atoms with Gasteiger partial charge in [-0.1, -0.05) is 48.0 Å². The van der Waals surface area contributed by atoms with Crippen LogP contribution in [0, 0.1) is 0 Å². The van der Waals surface area contributed by atoms with Gasteiger partial charge in [0.1, 0.15) is 5.60 Å². The van der Waals surface area contributed by atoms with Crippen LogP contribution in [-0.2, 0) is 14.8 Å². The molecule has 1 aliphatic carbocycles. The molecule has 2 aromatic heterocycles. The van der Waals surface area contributed by atoms with Crippen LogP contribution >= 0.6 is 11.6 Å². The fourth-order valence-corrected chi connectivity index (χ4v) is 6.56. The zero-order valence-corrected chi connectivity index (χ0v) is 24.2. The lowest BCUT2D eigenvalue weighted by Gasteiger charge is -2.31. The molecule has 2 heterocycles. The van der Waals surface area contributed by atoms with Gasteiger partial charge in [-0.15, -0.1) is 0 Å². The summed E-state index contributed by atoms with van der Waals surface area (Å²) in [5, 5.41) is 7.35. The number of alkyl carbamates (subject to hydrolysis) is 1. The topological polar surface area (TPSA) is 115 Å². The molecular formula is C29H32ClN5O4S. The van der Waals surface area contributed by atoms with E-state index in [0.29, 0.717) is 39.6 Å². The van der Waals surface area contributed by atoms with Gasteiger partial charge in [-0.3, -0.25) is 0 Å². The highest BCUT2D eigenvalue weighted by Gasteiger charge is 2.27. The minimum Gasteiger partial charge on any atom is -0.444 e. The van der Waals surface area contributed by atoms with Crippen LogP contribution in [0.3, 0.4) is 0 Å². The van der Waals surface area contributed by atoms with E-state index in [-0.39, 0.29) is 17.0 Å². The lowest BCUT2D eigenvalue weighted by molar-refractivity contribution is 0.0492. The van der Waals surface area contributed by atoms with Crippen molar-refractivity contribution >= 4 is 44.6 Å². The predicted octanol–water partition coefficient (Wildman–Crippen LogP) is 6.24. The highest BCUT2D eigenvalue weighted by Crippen LogP contribution is 2.36. The summed E-state index contributed by atoms with van der Waals surface area (Å²) >= 11 is 6.57. The van der Waals surface area contributed by atoms with E-state index in [1.807, 2.05) is 32.9 Å². The SMILES string of the molecule is CC(C)(C)OC(=O)NC1CCCC(Nc2ncc(Cl)c(-c3cn(S(=O)(=O)c4ccccc4)c4ccccc34)n2)C1. The third kappa shape index (κ3) is 6.08. The van der Waals surface area contributed by atoms with E-state index in [0.717, 1.165) is 19.3 Å². The van der Waals surface area contributed by atoms with Crippen LogP contribution in [-0.4, -0.2) is 46.1 Å². The van der Waals surface area contributed by atoms with Gasteiger partial charge in [-0.2, -0.15) is 0 Å². The summed E-state index contributed by atoms with van der Waals surface area (Å²) in [5.41, 5.74) is 0.970. The molecule has 2 unspecified atom stereocenters. The number of aromatic nitrogens is 3. The first-order chi connectivity index (χ1) is 19.0. The lowest BCUT2D eigenvalue weighted by atomic mass is 9.91. The van der Waals surface area contributed by atoms with Crippen LogP contribution in [0.15, 0.2) is 71.9 Å². The van der Waals surface area contributed by atoms with Crippen LogP contribution in [0.5, 0.6) is 0 Å². The van der Waals surface area contributed by atoms with Crippen molar-refractivity contribution in [2.75, 3.05) is 5.32 Å². The molecule has 11 heteroatoms. The molecule has 40 heavy (non-hydrogen) atoms. The third-order valence-corrected chi connectivity index (χ3v) is 8.67. The van der Waals surface area contributed by atoms with E-state index < -0.39 is 21.7 Å². The number of rotatable bonds is 6. The molecule has 2 atom stereocenters. The van der Waals surface area contributed by atoms with Gasteiger partial charge in [0.05, 0.1) is 27.3 Å². The number of para-hydroxylation sites is 1. The van der Waals surface area contributed by atoms with Crippen LogP contribution < -0.4 is 10.6 Å². The number of hydrogen-bond acceptors (Lipinski definition) is 7. The van der Waals surface area contributed by atoms with E-state index in [4.69, 9.17) is 21.3 Å². The van der Waals surface area contributed by atoms with E-state index in [9.17, 15) is 13.2 Å². The number of amides is 1. The predicted molar refractivity (Wildman–Crippen MR) is 156 cm³/mol. The molecule has 0 aliphatic heterocycles. The zero-order chi connectivity index (χ0) is 28.5. The van der Waals surface area contributed by atoms with Crippen LogP contribution in [0.25, 0.3) is 22.2 Å². The maximum atomic E-state index is 13.5. The molecule has 210 valence electrons. The Kier molecular flexibility index (Phi) is 7.74. The highest BCUT2D eigenvalue weighted by atomic mass is 35.5. The average molecular weight is 582 g/mol. The molecule has 0 bridgehead atoms. The van der Waals surface area contributed by atoms with Crippen molar-refractivity contribution in [3.8, 4) is 11.3 Å². The second kappa shape index (κ2) is 11.1. The molecule has 9 nitrogen and oxygen atoms in total. The van der Waals surface area contributed by atoms with Gasteiger partial charge in [0.2, 0.25) is 5.95 Å². The summed E-state index contributed by atoms with van der Waals surface area (Å²) in [7, 11) is -3.86. The van der Waals surface area contributed by atoms with Crippen molar-refractivity contribution in [3.05, 3.63) is 72.0 Å². The number of anilines is 1. The molecule has 0 radical (unpaired) electrons. The molecule has 0 saturated heterocycles. The number of benzene rings is 2. The summed E-state index contributed by atoms with van der Waals surface area (Å²) in [6.45, 7) is 5.51. The minimum absolute atomic E-state index is 0.0301. The van der Waals surface area contributed by atoms with E-state index in [2.05, 4.69) is 15.6 Å². The van der Waals surface area contributed by atoms with Crippen molar-refractivity contribution < 1.29 is 17.9 Å². The molecule has 0 spiro atoms. The van der Waals surface area contributed by atoms with Gasteiger partial charge in [-0.05, 0) is 64.7 Å². The number of ether oxygens (including phenoxy) is 1. The summed E-state index contributed by atoms with van der Waals surface area (Å²) in [6, 6.07) is 15.5. The largest absolute Gasteiger partial charge is 0.444 e. The van der Waals surface area contributed by atoms with Crippen LogP contribution in [0.2, 0.25) is 5.02 Å². The lowest BCUT2D eigenvalue weighted by Crippen LogP contribution is -2.44. The maximum Gasteiger partial charge on any atom is 0.407 e. The van der Waals surface area contributed by atoms with Gasteiger partial charge in [-0.25, -0.2) is 27.2 Å². The molecule has 2 N–H and O–H groups in total. The highest BCUT2D eigenvalue weighted by molar-refractivity contribution is 7.90. The number of nitrogens with zero attached hydrogens (tertiary/aromatic N) is 3. The molecule has 1 saturated carbocycles. The molecule has 1 aliphatic rings. The first-order valence-corrected chi connectivity index (χ1v) is 15.0. The third-order valence-electron chi connectivity index (χ3n) is 6.71. The molecular weight excluding hydrogens is 550 g/mol. The normalized spacial score (nSPS) is 17.9. The fourth-order valence-electron chi connectivity index (χ4n) is 4.98. The number of halogens is 1. The van der Waals surface area contributed by atoms with Gasteiger partial charge in [0.25, 0.3) is 10.0 Å². The number of fused-ring (bicyclic) bond motifs is 1. The van der Waals surface area contributed by atoms with Crippen LogP contribution in [0.4, 0.5) is 10.7 Å². The van der Waals surface area contributed by atoms with Gasteiger partial charge in [0.15, 0.2) is 0 Å². The summed E-state index contributed by atoms with van der Waals surface area (Å²) in [5.74, 6) is 0.380. The van der Waals surface area contributed by atoms with Crippen molar-refractivity contribution in [2.24, 2.45) is 0 Å². The second-order valence-electron chi connectivity index (χ2n) is 10.9. The van der Waals surface area contributed by atoms with Gasteiger partial charge in [0, 0.05) is 29.2 Å². The molecule has 4 aromatic rings. The molecule has 5 rings (SSSR count). The maximum absolute atomic E-state index is 13.5. The standard InChI is InChI=1S/C29H32ClN5O4S/c1-29(2,3)39-28(36)33-20-11-9-10-19(16-20)32-27-31-17-24(30)26(34-27)23-18-35(25-15-8-7-14-22(23)25)40(37,38)21-12-5-4-6-13-21/h4-8,12-15,17-20H,9-11,16H2,1-3H3,(H,33,36)(H,31,32,34). The van der Waals surface area contributed by atoms with E-state index >= 15 is 0 Å². The first kappa shape index (κ1) is 27.9. The Morgan fingerprint density at radius 1 is 1.05 bits per heavy atom. The average Bonchev–Trinajstić information content (AvgIpc) is 3.30. The van der Waals surface area contributed by atoms with Gasteiger partial charge >= 0.3 is 6.09 Å². The fraction of sp³-hybridized carbons (Fsp3) is 0.345. The Labute approximate surface area is 239 Å². The van der Waals surface area contributed by atoms with Crippen LogP contribution in [0.1, 0.15) is 46.5 Å². The first-order valence-electron chi connectivity index (χ1n) is 13.2. The Morgan fingerprint density at radius 3 is 2.50 bits per heavy atom. The zero-order valence-electron chi connectivity index (χ0n) is 22.6. The quantitative estimate of drug-likeness (QED) is 0.277. The summed E-state index contributed by atoms with van der Waals surface area (Å²) < 4.78 is 33.8. The molecule has 2 aromatic carbocycles. The van der Waals surface area contributed by atoms with Crippen molar-refractivity contribution in [3.63, 3.8) is 0 Å². The Balaban J connectivity index is 1.42. The number of hydrogen-bond donors (Lipinski definition) is 2. The summed E-state index contributed by atoms with van der Waals surface area (Å²) in [6.07, 6.45) is 6.01. The molecule has 1 amide bonds. The van der Waals surface area contributed by atoms with Crippen molar-refractivity contribution in [2.45, 2.75) is 69.0 Å². The monoisotopic (exact) mass is 581 g/mol. The van der Waals surface area contributed by atoms with Gasteiger partial charge < -0.3 is 15.4 Å². The Morgan fingerprint density at radius 2 is 1.75 bits per heavy atom. The Hall–Kier alpha value is -3.63. The van der Waals surface area contributed by atoms with Crippen molar-refractivity contribution in [1.82, 2.24) is 19.3 Å².